The normalized spacial score (nSPS) is 10.3. The number of aromatic nitrogens is 2. The topological polar surface area (TPSA) is 69.5 Å². The van der Waals surface area contributed by atoms with Crippen LogP contribution in [0.25, 0.3) is 11.3 Å². The molecule has 8 heteroatoms. The number of nitriles is 1. The average molecular weight is 297 g/mol. The molecule has 0 aliphatic carbocycles. The molecule has 2 aromatic rings. The van der Waals surface area contributed by atoms with Crippen molar-refractivity contribution in [3.05, 3.63) is 45.5 Å². The molecule has 0 spiro atoms. The maximum atomic E-state index is 13.7. The van der Waals surface area contributed by atoms with Gasteiger partial charge in [-0.05, 0) is 18.4 Å². The molecule has 1 heterocycles. The van der Waals surface area contributed by atoms with Gasteiger partial charge in [-0.2, -0.15) is 5.26 Å². The number of halogens is 3. The molecule has 4 nitrogen and oxygen atoms in total. The Kier molecular flexibility index (Phi) is 3.81. The number of hydrogen-bond acceptors (Lipinski definition) is 4. The van der Waals surface area contributed by atoms with Crippen molar-refractivity contribution in [3.63, 3.8) is 0 Å². The van der Waals surface area contributed by atoms with Crippen LogP contribution in [0.2, 0.25) is 0 Å². The lowest BCUT2D eigenvalue weighted by atomic mass is 10.1. The van der Waals surface area contributed by atoms with Gasteiger partial charge in [-0.1, -0.05) is 11.8 Å². The summed E-state index contributed by atoms with van der Waals surface area (Å²) in [6, 6.07) is 3.21. The highest BCUT2D eigenvalue weighted by Crippen LogP contribution is 2.26. The zero-order valence-electron chi connectivity index (χ0n) is 10.00. The van der Waals surface area contributed by atoms with Gasteiger partial charge in [0.1, 0.15) is 11.6 Å². The SMILES string of the molecule is CSc1nc(-c2ccc(F)c(F)c2F)c(C#N)c(=O)[nH]1. The van der Waals surface area contributed by atoms with Gasteiger partial charge in [0.25, 0.3) is 5.56 Å². The lowest BCUT2D eigenvalue weighted by molar-refractivity contribution is 0.448. The number of nitrogens with zero attached hydrogens (tertiary/aromatic N) is 2. The molecule has 0 bridgehead atoms. The Labute approximate surface area is 115 Å². The molecule has 20 heavy (non-hydrogen) atoms. The Bertz CT molecular complexity index is 783. The second kappa shape index (κ2) is 5.38. The van der Waals surface area contributed by atoms with Crippen LogP contribution in [0.15, 0.2) is 22.1 Å². The van der Waals surface area contributed by atoms with Crippen molar-refractivity contribution in [2.45, 2.75) is 5.16 Å². The number of nitrogens with one attached hydrogen (secondary N) is 1. The van der Waals surface area contributed by atoms with Gasteiger partial charge >= 0.3 is 0 Å². The first-order valence-corrected chi connectivity index (χ1v) is 6.44. The minimum atomic E-state index is -1.68. The molecule has 0 saturated heterocycles. The molecule has 0 saturated carbocycles. The molecule has 0 aliphatic heterocycles. The zero-order chi connectivity index (χ0) is 14.9. The Morgan fingerprint density at radius 2 is 2.00 bits per heavy atom. The van der Waals surface area contributed by atoms with Gasteiger partial charge in [-0.15, -0.1) is 0 Å². The fraction of sp³-hybridized carbons (Fsp3) is 0.0833. The maximum Gasteiger partial charge on any atom is 0.270 e. The summed E-state index contributed by atoms with van der Waals surface area (Å²) < 4.78 is 39.9. The van der Waals surface area contributed by atoms with Crippen molar-refractivity contribution in [3.8, 4) is 17.3 Å². The monoisotopic (exact) mass is 297 g/mol. The number of thioether (sulfide) groups is 1. The molecule has 0 radical (unpaired) electrons. The predicted octanol–water partition coefficient (Wildman–Crippen LogP) is 2.45. The van der Waals surface area contributed by atoms with E-state index in [4.69, 9.17) is 5.26 Å². The van der Waals surface area contributed by atoms with Crippen LogP contribution in [0.1, 0.15) is 5.56 Å². The van der Waals surface area contributed by atoms with Gasteiger partial charge in [0.2, 0.25) is 0 Å². The van der Waals surface area contributed by atoms with Crippen LogP contribution in [0.5, 0.6) is 0 Å². The van der Waals surface area contributed by atoms with Crippen LogP contribution in [0.3, 0.4) is 0 Å². The van der Waals surface area contributed by atoms with E-state index in [0.717, 1.165) is 17.8 Å². The van der Waals surface area contributed by atoms with E-state index in [1.807, 2.05) is 0 Å². The third kappa shape index (κ3) is 2.28. The second-order valence-electron chi connectivity index (χ2n) is 3.63. The summed E-state index contributed by atoms with van der Waals surface area (Å²) in [7, 11) is 0. The lowest BCUT2D eigenvalue weighted by Crippen LogP contribution is -2.15. The molecular weight excluding hydrogens is 291 g/mol. The molecule has 0 unspecified atom stereocenters. The van der Waals surface area contributed by atoms with E-state index in [1.165, 1.54) is 0 Å². The number of benzene rings is 1. The van der Waals surface area contributed by atoms with Gasteiger partial charge in [0.05, 0.1) is 5.69 Å². The third-order valence-electron chi connectivity index (χ3n) is 2.49. The molecule has 1 N–H and O–H groups in total. The molecule has 1 aromatic heterocycles. The van der Waals surface area contributed by atoms with Crippen LogP contribution in [0.4, 0.5) is 13.2 Å². The van der Waals surface area contributed by atoms with Crippen LogP contribution < -0.4 is 5.56 Å². The molecule has 1 aromatic carbocycles. The molecule has 0 atom stereocenters. The predicted molar refractivity (Wildman–Crippen MR) is 66.7 cm³/mol. The molecule has 0 aliphatic rings. The number of aromatic amines is 1. The number of rotatable bonds is 2. The molecule has 0 amide bonds. The zero-order valence-corrected chi connectivity index (χ0v) is 10.8. The standard InChI is InChI=1S/C12H6F3N3OS/c1-20-12-17-10(6(4-16)11(19)18-12)5-2-3-7(13)9(15)8(5)14/h2-3H,1H3,(H,17,18,19). The Morgan fingerprint density at radius 1 is 1.30 bits per heavy atom. The number of H-pyrrole nitrogens is 1. The summed E-state index contributed by atoms with van der Waals surface area (Å²) >= 11 is 1.06. The largest absolute Gasteiger partial charge is 0.300 e. The van der Waals surface area contributed by atoms with Gasteiger partial charge in [-0.3, -0.25) is 4.79 Å². The first kappa shape index (κ1) is 14.1. The first-order valence-electron chi connectivity index (χ1n) is 5.21. The van der Waals surface area contributed by atoms with E-state index in [-0.39, 0.29) is 10.9 Å². The fourth-order valence-electron chi connectivity index (χ4n) is 1.56. The van der Waals surface area contributed by atoms with Crippen LogP contribution in [-0.2, 0) is 0 Å². The van der Waals surface area contributed by atoms with Crippen molar-refractivity contribution >= 4 is 11.8 Å². The minimum Gasteiger partial charge on any atom is -0.300 e. The van der Waals surface area contributed by atoms with Gasteiger partial charge in [-0.25, -0.2) is 18.2 Å². The first-order chi connectivity index (χ1) is 9.49. The van der Waals surface area contributed by atoms with Crippen molar-refractivity contribution in [2.24, 2.45) is 0 Å². The molecular formula is C12H6F3N3OS. The highest BCUT2D eigenvalue weighted by atomic mass is 32.2. The highest BCUT2D eigenvalue weighted by molar-refractivity contribution is 7.98. The van der Waals surface area contributed by atoms with Crippen molar-refractivity contribution in [2.75, 3.05) is 6.26 Å². The quantitative estimate of drug-likeness (QED) is 0.525. The molecule has 2 rings (SSSR count). The molecule has 102 valence electrons. The minimum absolute atomic E-state index is 0.133. The van der Waals surface area contributed by atoms with Crippen molar-refractivity contribution in [1.82, 2.24) is 9.97 Å². The maximum absolute atomic E-state index is 13.7. The smallest absolute Gasteiger partial charge is 0.270 e. The van der Waals surface area contributed by atoms with Crippen LogP contribution >= 0.6 is 11.8 Å². The second-order valence-corrected chi connectivity index (χ2v) is 4.43. The summed E-state index contributed by atoms with van der Waals surface area (Å²) in [5, 5.41) is 9.06. The fourth-order valence-corrected chi connectivity index (χ4v) is 1.93. The lowest BCUT2D eigenvalue weighted by Gasteiger charge is -2.07. The summed E-state index contributed by atoms with van der Waals surface area (Å²) in [5.74, 6) is -4.54. The van der Waals surface area contributed by atoms with Crippen molar-refractivity contribution in [1.29, 1.82) is 5.26 Å². The van der Waals surface area contributed by atoms with E-state index >= 15 is 0 Å². The summed E-state index contributed by atoms with van der Waals surface area (Å²) in [5.41, 5.74) is -2.00. The van der Waals surface area contributed by atoms with Gasteiger partial charge < -0.3 is 4.98 Å². The Hall–Kier alpha value is -2.27. The van der Waals surface area contributed by atoms with E-state index in [0.29, 0.717) is 6.07 Å². The molecule has 0 fully saturated rings. The third-order valence-corrected chi connectivity index (χ3v) is 3.07. The Balaban J connectivity index is 2.82. The van der Waals surface area contributed by atoms with E-state index in [2.05, 4.69) is 9.97 Å². The highest BCUT2D eigenvalue weighted by Gasteiger charge is 2.20. The van der Waals surface area contributed by atoms with Gasteiger partial charge in [0.15, 0.2) is 22.6 Å². The summed E-state index contributed by atoms with van der Waals surface area (Å²) in [4.78, 5) is 17.9. The van der Waals surface area contributed by atoms with Crippen molar-refractivity contribution < 1.29 is 13.2 Å². The van der Waals surface area contributed by atoms with Gasteiger partial charge in [0, 0.05) is 5.56 Å². The summed E-state index contributed by atoms with van der Waals surface area (Å²) in [6.45, 7) is 0. The summed E-state index contributed by atoms with van der Waals surface area (Å²) in [6.07, 6.45) is 1.61. The van der Waals surface area contributed by atoms with E-state index < -0.39 is 34.1 Å². The average Bonchev–Trinajstić information content (AvgIpc) is 2.44. The van der Waals surface area contributed by atoms with E-state index in [9.17, 15) is 18.0 Å². The van der Waals surface area contributed by atoms with E-state index in [1.54, 1.807) is 12.3 Å². The number of hydrogen-bond donors (Lipinski definition) is 1. The van der Waals surface area contributed by atoms with Crippen LogP contribution in [0, 0.1) is 28.8 Å². The Morgan fingerprint density at radius 3 is 2.60 bits per heavy atom. The van der Waals surface area contributed by atoms with Crippen LogP contribution in [-0.4, -0.2) is 16.2 Å².